The first-order chi connectivity index (χ1) is 12.5. The van der Waals surface area contributed by atoms with Gasteiger partial charge < -0.3 is 19.3 Å². The predicted octanol–water partition coefficient (Wildman–Crippen LogP) is 2.80. The highest BCUT2D eigenvalue weighted by Gasteiger charge is 2.23. The molecule has 0 radical (unpaired) electrons. The Hall–Kier alpha value is -2.28. The molecule has 140 valence electrons. The number of ether oxygens (including phenoxy) is 2. The second-order valence-electron chi connectivity index (χ2n) is 6.45. The minimum absolute atomic E-state index is 0.00113. The van der Waals surface area contributed by atoms with Crippen LogP contribution in [0, 0.1) is 20.8 Å². The van der Waals surface area contributed by atoms with E-state index in [0.717, 1.165) is 29.5 Å². The molecule has 0 spiro atoms. The highest BCUT2D eigenvalue weighted by atomic mass is 32.1. The van der Waals surface area contributed by atoms with Crippen molar-refractivity contribution in [2.45, 2.75) is 20.8 Å². The van der Waals surface area contributed by atoms with E-state index in [1.54, 1.807) is 18.4 Å². The lowest BCUT2D eigenvalue weighted by Crippen LogP contribution is -2.50. The van der Waals surface area contributed by atoms with Crippen molar-refractivity contribution in [2.24, 2.45) is 0 Å². The number of carbonyl (C=O) groups is 1. The van der Waals surface area contributed by atoms with Crippen molar-refractivity contribution in [1.29, 1.82) is 0 Å². The summed E-state index contributed by atoms with van der Waals surface area (Å²) >= 11 is 1.72. The van der Waals surface area contributed by atoms with Crippen LogP contribution >= 0.6 is 11.3 Å². The van der Waals surface area contributed by atoms with Crippen LogP contribution in [0.3, 0.4) is 0 Å². The summed E-state index contributed by atoms with van der Waals surface area (Å²) in [7, 11) is 1.60. The van der Waals surface area contributed by atoms with E-state index >= 15 is 0 Å². The minimum atomic E-state index is -0.00113. The molecule has 1 aromatic heterocycles. The highest BCUT2D eigenvalue weighted by molar-refractivity contribution is 7.15. The molecule has 2 aromatic rings. The Labute approximate surface area is 158 Å². The van der Waals surface area contributed by atoms with Gasteiger partial charge in [-0.05, 0) is 38.5 Å². The van der Waals surface area contributed by atoms with Gasteiger partial charge in [-0.3, -0.25) is 4.79 Å². The molecule has 1 aromatic carbocycles. The zero-order valence-corrected chi connectivity index (χ0v) is 16.6. The van der Waals surface area contributed by atoms with Gasteiger partial charge >= 0.3 is 0 Å². The zero-order chi connectivity index (χ0) is 18.7. The third-order valence-electron chi connectivity index (χ3n) is 4.59. The van der Waals surface area contributed by atoms with Gasteiger partial charge in [0.1, 0.15) is 0 Å². The molecule has 1 aliphatic heterocycles. The summed E-state index contributed by atoms with van der Waals surface area (Å²) in [6.45, 7) is 9.10. The smallest absolute Gasteiger partial charge is 0.260 e. The van der Waals surface area contributed by atoms with E-state index in [1.165, 1.54) is 4.88 Å². The quantitative estimate of drug-likeness (QED) is 0.804. The molecule has 0 bridgehead atoms. The zero-order valence-electron chi connectivity index (χ0n) is 15.7. The average molecular weight is 375 g/mol. The van der Waals surface area contributed by atoms with Gasteiger partial charge in [0.05, 0.1) is 12.8 Å². The molecule has 0 saturated carbocycles. The van der Waals surface area contributed by atoms with Crippen molar-refractivity contribution < 1.29 is 14.3 Å². The first-order valence-corrected chi connectivity index (χ1v) is 9.53. The second-order valence-corrected chi connectivity index (χ2v) is 7.63. The first kappa shape index (κ1) is 18.5. The van der Waals surface area contributed by atoms with Gasteiger partial charge in [-0.25, -0.2) is 4.98 Å². The number of nitrogens with zero attached hydrogens (tertiary/aromatic N) is 3. The van der Waals surface area contributed by atoms with Gasteiger partial charge in [-0.1, -0.05) is 6.07 Å². The number of aromatic nitrogens is 1. The van der Waals surface area contributed by atoms with Crippen LogP contribution in [0.4, 0.5) is 5.13 Å². The molecule has 3 rings (SSSR count). The molecular weight excluding hydrogens is 350 g/mol. The number of piperazine rings is 1. The van der Waals surface area contributed by atoms with E-state index in [4.69, 9.17) is 9.47 Å². The topological polar surface area (TPSA) is 54.9 Å². The van der Waals surface area contributed by atoms with Crippen molar-refractivity contribution >= 4 is 22.4 Å². The molecule has 1 fully saturated rings. The summed E-state index contributed by atoms with van der Waals surface area (Å²) in [6, 6.07) is 5.68. The minimum Gasteiger partial charge on any atom is -0.493 e. The normalized spacial score (nSPS) is 14.5. The van der Waals surface area contributed by atoms with Crippen LogP contribution in [0.15, 0.2) is 18.2 Å². The van der Waals surface area contributed by atoms with Crippen LogP contribution in [0.1, 0.15) is 16.1 Å². The third kappa shape index (κ3) is 4.09. The number of aryl methyl sites for hydroxylation is 3. The fraction of sp³-hybridized carbons (Fsp3) is 0.474. The van der Waals surface area contributed by atoms with Crippen LogP contribution in [-0.4, -0.2) is 55.7 Å². The second kappa shape index (κ2) is 7.95. The van der Waals surface area contributed by atoms with E-state index in [2.05, 4.69) is 16.8 Å². The van der Waals surface area contributed by atoms with Gasteiger partial charge in [0, 0.05) is 31.1 Å². The maximum atomic E-state index is 12.5. The molecule has 26 heavy (non-hydrogen) atoms. The summed E-state index contributed by atoms with van der Waals surface area (Å²) in [5.41, 5.74) is 2.17. The fourth-order valence-electron chi connectivity index (χ4n) is 2.86. The molecule has 0 unspecified atom stereocenters. The maximum absolute atomic E-state index is 12.5. The molecule has 0 N–H and O–H groups in total. The molecule has 1 amide bonds. The summed E-state index contributed by atoms with van der Waals surface area (Å²) in [5.74, 6) is 1.25. The van der Waals surface area contributed by atoms with E-state index in [0.29, 0.717) is 24.6 Å². The van der Waals surface area contributed by atoms with Crippen LogP contribution in [0.25, 0.3) is 0 Å². The molecular formula is C19H25N3O3S. The van der Waals surface area contributed by atoms with Crippen LogP contribution in [-0.2, 0) is 4.79 Å². The molecule has 7 heteroatoms. The number of hydrogen-bond acceptors (Lipinski definition) is 6. The number of thiazole rings is 1. The molecule has 1 aliphatic rings. The van der Waals surface area contributed by atoms with Crippen molar-refractivity contribution in [3.05, 3.63) is 34.3 Å². The number of hydrogen-bond donors (Lipinski definition) is 0. The largest absolute Gasteiger partial charge is 0.493 e. The van der Waals surface area contributed by atoms with E-state index in [-0.39, 0.29) is 12.5 Å². The lowest BCUT2D eigenvalue weighted by Gasteiger charge is -2.34. The van der Waals surface area contributed by atoms with Crippen molar-refractivity contribution in [3.63, 3.8) is 0 Å². The molecule has 1 saturated heterocycles. The fourth-order valence-corrected chi connectivity index (χ4v) is 3.82. The number of amides is 1. The van der Waals surface area contributed by atoms with E-state index < -0.39 is 0 Å². The monoisotopic (exact) mass is 375 g/mol. The van der Waals surface area contributed by atoms with E-state index in [9.17, 15) is 4.79 Å². The average Bonchev–Trinajstić information content (AvgIpc) is 2.99. The maximum Gasteiger partial charge on any atom is 0.260 e. The summed E-state index contributed by atoms with van der Waals surface area (Å²) in [5, 5.41) is 1.05. The number of anilines is 1. The SMILES string of the molecule is COc1cc(C)ccc1OCC(=O)N1CCN(c2nc(C)c(C)s2)CC1. The number of carbonyl (C=O) groups excluding carboxylic acids is 1. The summed E-state index contributed by atoms with van der Waals surface area (Å²) < 4.78 is 11.0. The molecule has 2 heterocycles. The van der Waals surface area contributed by atoms with Gasteiger partial charge in [0.15, 0.2) is 23.2 Å². The number of methoxy groups -OCH3 is 1. The number of rotatable bonds is 5. The van der Waals surface area contributed by atoms with Crippen LogP contribution in [0.5, 0.6) is 11.5 Å². The Bertz CT molecular complexity index is 763. The van der Waals surface area contributed by atoms with Gasteiger partial charge in [0.25, 0.3) is 5.91 Å². The third-order valence-corrected chi connectivity index (χ3v) is 5.72. The van der Waals surface area contributed by atoms with Crippen molar-refractivity contribution in [3.8, 4) is 11.5 Å². The Morgan fingerprint density at radius 1 is 1.15 bits per heavy atom. The van der Waals surface area contributed by atoms with Crippen LogP contribution < -0.4 is 14.4 Å². The van der Waals surface area contributed by atoms with Gasteiger partial charge in [0.2, 0.25) is 0 Å². The van der Waals surface area contributed by atoms with Gasteiger partial charge in [-0.15, -0.1) is 11.3 Å². The Kier molecular flexibility index (Phi) is 5.66. The Balaban J connectivity index is 1.52. The molecule has 0 aliphatic carbocycles. The summed E-state index contributed by atoms with van der Waals surface area (Å²) in [4.78, 5) is 22.4. The highest BCUT2D eigenvalue weighted by Crippen LogP contribution is 2.28. The number of benzene rings is 1. The van der Waals surface area contributed by atoms with Crippen LogP contribution in [0.2, 0.25) is 0 Å². The van der Waals surface area contributed by atoms with E-state index in [1.807, 2.05) is 36.9 Å². The molecule has 6 nitrogen and oxygen atoms in total. The lowest BCUT2D eigenvalue weighted by atomic mass is 10.2. The summed E-state index contributed by atoms with van der Waals surface area (Å²) in [6.07, 6.45) is 0. The van der Waals surface area contributed by atoms with Crippen molar-refractivity contribution in [1.82, 2.24) is 9.88 Å². The first-order valence-electron chi connectivity index (χ1n) is 8.72. The molecule has 0 atom stereocenters. The standard InChI is InChI=1S/C19H25N3O3S/c1-13-5-6-16(17(11-13)24-4)25-12-18(23)21-7-9-22(10-8-21)19-20-14(2)15(3)26-19/h5-6,11H,7-10,12H2,1-4H3. The predicted molar refractivity (Wildman–Crippen MR) is 104 cm³/mol. The Morgan fingerprint density at radius 2 is 1.88 bits per heavy atom. The lowest BCUT2D eigenvalue weighted by molar-refractivity contribution is -0.133. The van der Waals surface area contributed by atoms with Crippen molar-refractivity contribution in [2.75, 3.05) is 44.8 Å². The Morgan fingerprint density at radius 3 is 2.50 bits per heavy atom. The van der Waals surface area contributed by atoms with Gasteiger partial charge in [-0.2, -0.15) is 0 Å².